The number of rotatable bonds is 7. The molecule has 1 rings (SSSR count). The molecular formula is C14H23N3O. The van der Waals surface area contributed by atoms with Gasteiger partial charge in [-0.2, -0.15) is 5.26 Å². The second-order valence-electron chi connectivity index (χ2n) is 5.44. The maximum absolute atomic E-state index is 8.90. The van der Waals surface area contributed by atoms with Crippen molar-refractivity contribution < 1.29 is 4.42 Å². The monoisotopic (exact) mass is 249 g/mol. The molecule has 1 unspecified atom stereocenters. The maximum atomic E-state index is 8.90. The smallest absolute Gasteiger partial charge is 0.211 e. The van der Waals surface area contributed by atoms with Gasteiger partial charge in [0.25, 0.3) is 0 Å². The van der Waals surface area contributed by atoms with E-state index in [0.29, 0.717) is 0 Å². The highest BCUT2D eigenvalue weighted by atomic mass is 16.4. The van der Waals surface area contributed by atoms with Crippen molar-refractivity contribution in [3.05, 3.63) is 17.8 Å². The average Bonchev–Trinajstić information content (AvgIpc) is 2.75. The van der Waals surface area contributed by atoms with Crippen LogP contribution in [0.1, 0.15) is 57.7 Å². The molecule has 0 aliphatic rings. The van der Waals surface area contributed by atoms with Crippen molar-refractivity contribution in [3.63, 3.8) is 0 Å². The minimum absolute atomic E-state index is 0.141. The van der Waals surface area contributed by atoms with Crippen LogP contribution < -0.4 is 5.32 Å². The largest absolute Gasteiger partial charge is 0.444 e. The van der Waals surface area contributed by atoms with Crippen LogP contribution in [0.15, 0.2) is 10.6 Å². The fraction of sp³-hybridized carbons (Fsp3) is 0.714. The summed E-state index contributed by atoms with van der Waals surface area (Å²) in [6.07, 6.45) is 4.81. The molecule has 1 N–H and O–H groups in total. The van der Waals surface area contributed by atoms with Crippen LogP contribution in [0.3, 0.4) is 0 Å². The van der Waals surface area contributed by atoms with E-state index in [1.54, 1.807) is 6.20 Å². The Balaban J connectivity index is 2.17. The van der Waals surface area contributed by atoms with Gasteiger partial charge < -0.3 is 9.73 Å². The summed E-state index contributed by atoms with van der Waals surface area (Å²) >= 11 is 0. The van der Waals surface area contributed by atoms with Crippen LogP contribution in [0.25, 0.3) is 0 Å². The summed E-state index contributed by atoms with van der Waals surface area (Å²) in [5.41, 5.74) is -0.203. The van der Waals surface area contributed by atoms with Crippen LogP contribution in [0.2, 0.25) is 0 Å². The van der Waals surface area contributed by atoms with Crippen molar-refractivity contribution in [1.82, 2.24) is 10.3 Å². The molecule has 0 aliphatic heterocycles. The number of unbranched alkanes of at least 4 members (excludes halogenated alkanes) is 1. The van der Waals surface area contributed by atoms with Gasteiger partial charge in [-0.05, 0) is 47.1 Å². The van der Waals surface area contributed by atoms with Crippen molar-refractivity contribution in [2.75, 3.05) is 6.54 Å². The number of nitriles is 1. The van der Waals surface area contributed by atoms with Gasteiger partial charge in [0, 0.05) is 0 Å². The van der Waals surface area contributed by atoms with Crippen LogP contribution in [0, 0.1) is 23.7 Å². The first-order chi connectivity index (χ1) is 8.44. The van der Waals surface area contributed by atoms with Gasteiger partial charge in [0.05, 0.1) is 23.7 Å². The highest BCUT2D eigenvalue weighted by molar-refractivity contribution is 4.95. The normalized spacial score (nSPS) is 13.3. The van der Waals surface area contributed by atoms with Crippen LogP contribution in [0.5, 0.6) is 0 Å². The molecule has 0 aromatic carbocycles. The van der Waals surface area contributed by atoms with Gasteiger partial charge in [0.1, 0.15) is 5.76 Å². The van der Waals surface area contributed by atoms with Gasteiger partial charge in [0.2, 0.25) is 5.89 Å². The summed E-state index contributed by atoms with van der Waals surface area (Å²) in [6, 6.07) is 2.47. The van der Waals surface area contributed by atoms with Gasteiger partial charge in [-0.3, -0.25) is 0 Å². The molecule has 18 heavy (non-hydrogen) atoms. The number of hydrogen-bond acceptors (Lipinski definition) is 4. The lowest BCUT2D eigenvalue weighted by Crippen LogP contribution is -2.20. The Kier molecular flexibility index (Phi) is 5.36. The predicted molar refractivity (Wildman–Crippen MR) is 70.9 cm³/mol. The van der Waals surface area contributed by atoms with Crippen LogP contribution in [-0.4, -0.2) is 11.5 Å². The lowest BCUT2D eigenvalue weighted by molar-refractivity contribution is 0.387. The first kappa shape index (κ1) is 14.7. The molecule has 0 fully saturated rings. The Hall–Kier alpha value is -1.34. The minimum Gasteiger partial charge on any atom is -0.444 e. The van der Waals surface area contributed by atoms with E-state index in [1.807, 2.05) is 27.7 Å². The fourth-order valence-electron chi connectivity index (χ4n) is 1.73. The molecule has 1 aromatic heterocycles. The number of aryl methyl sites for hydroxylation is 1. The molecule has 4 nitrogen and oxygen atoms in total. The Labute approximate surface area is 109 Å². The minimum atomic E-state index is -0.203. The lowest BCUT2D eigenvalue weighted by atomic mass is 9.89. The maximum Gasteiger partial charge on any atom is 0.211 e. The topological polar surface area (TPSA) is 61.9 Å². The van der Waals surface area contributed by atoms with Crippen molar-refractivity contribution in [2.24, 2.45) is 5.41 Å². The first-order valence-electron chi connectivity index (χ1n) is 6.51. The first-order valence-corrected chi connectivity index (χ1v) is 6.51. The van der Waals surface area contributed by atoms with E-state index < -0.39 is 0 Å². The summed E-state index contributed by atoms with van der Waals surface area (Å²) < 4.78 is 5.46. The van der Waals surface area contributed by atoms with Gasteiger partial charge in [-0.1, -0.05) is 6.42 Å². The third-order valence-corrected chi connectivity index (χ3v) is 2.99. The molecule has 1 aromatic rings. The van der Waals surface area contributed by atoms with Gasteiger partial charge in [0.15, 0.2) is 0 Å². The number of oxazole rings is 1. The Bertz CT molecular complexity index is 403. The zero-order chi connectivity index (χ0) is 13.6. The lowest BCUT2D eigenvalue weighted by Gasteiger charge is -2.15. The molecule has 1 atom stereocenters. The average molecular weight is 249 g/mol. The summed E-state index contributed by atoms with van der Waals surface area (Å²) in [7, 11) is 0. The summed E-state index contributed by atoms with van der Waals surface area (Å²) in [5, 5.41) is 12.3. The van der Waals surface area contributed by atoms with Crippen molar-refractivity contribution in [2.45, 2.75) is 53.0 Å². The van der Waals surface area contributed by atoms with E-state index in [9.17, 15) is 0 Å². The molecule has 0 saturated carbocycles. The molecule has 0 bridgehead atoms. The highest BCUT2D eigenvalue weighted by Crippen LogP contribution is 2.21. The van der Waals surface area contributed by atoms with Crippen LogP contribution in [-0.2, 0) is 0 Å². The van der Waals surface area contributed by atoms with E-state index in [4.69, 9.17) is 9.68 Å². The number of nitrogens with zero attached hydrogens (tertiary/aromatic N) is 2. The molecule has 4 heteroatoms. The molecule has 0 saturated heterocycles. The molecular weight excluding hydrogens is 226 g/mol. The van der Waals surface area contributed by atoms with E-state index in [2.05, 4.69) is 16.4 Å². The Morgan fingerprint density at radius 3 is 2.78 bits per heavy atom. The third kappa shape index (κ3) is 4.89. The molecule has 0 amide bonds. The standard InChI is InChI=1S/C14H23N3O/c1-11-9-17-13(18-11)12(2)16-8-6-5-7-14(3,4)10-15/h9,12,16H,5-8H2,1-4H3. The predicted octanol–water partition coefficient (Wildman–Crippen LogP) is 3.35. The Morgan fingerprint density at radius 2 is 2.22 bits per heavy atom. The van der Waals surface area contributed by atoms with E-state index in [1.165, 1.54) is 0 Å². The van der Waals surface area contributed by atoms with Gasteiger partial charge in [-0.15, -0.1) is 0 Å². The summed E-state index contributed by atoms with van der Waals surface area (Å²) in [5.74, 6) is 1.58. The molecule has 0 radical (unpaired) electrons. The summed E-state index contributed by atoms with van der Waals surface area (Å²) in [4.78, 5) is 4.19. The van der Waals surface area contributed by atoms with Gasteiger partial charge >= 0.3 is 0 Å². The number of hydrogen-bond donors (Lipinski definition) is 1. The van der Waals surface area contributed by atoms with E-state index in [-0.39, 0.29) is 11.5 Å². The molecule has 0 aliphatic carbocycles. The second kappa shape index (κ2) is 6.55. The third-order valence-electron chi connectivity index (χ3n) is 2.99. The number of aromatic nitrogens is 1. The molecule has 100 valence electrons. The van der Waals surface area contributed by atoms with E-state index >= 15 is 0 Å². The van der Waals surface area contributed by atoms with Crippen molar-refractivity contribution >= 4 is 0 Å². The fourth-order valence-corrected chi connectivity index (χ4v) is 1.73. The molecule has 0 spiro atoms. The molecule has 1 heterocycles. The van der Waals surface area contributed by atoms with Gasteiger partial charge in [-0.25, -0.2) is 4.98 Å². The van der Waals surface area contributed by atoms with Crippen LogP contribution in [0.4, 0.5) is 0 Å². The second-order valence-corrected chi connectivity index (χ2v) is 5.44. The van der Waals surface area contributed by atoms with Crippen LogP contribution >= 0.6 is 0 Å². The SMILES string of the molecule is Cc1cnc(C(C)NCCCCC(C)(C)C#N)o1. The Morgan fingerprint density at radius 1 is 1.50 bits per heavy atom. The van der Waals surface area contributed by atoms with Crippen molar-refractivity contribution in [3.8, 4) is 6.07 Å². The highest BCUT2D eigenvalue weighted by Gasteiger charge is 2.15. The quantitative estimate of drug-likeness (QED) is 0.753. The zero-order valence-electron chi connectivity index (χ0n) is 11.8. The van der Waals surface area contributed by atoms with Crippen molar-refractivity contribution in [1.29, 1.82) is 5.26 Å². The number of nitrogens with one attached hydrogen (secondary N) is 1. The zero-order valence-corrected chi connectivity index (χ0v) is 11.8. The van der Waals surface area contributed by atoms with E-state index in [0.717, 1.165) is 37.5 Å². The summed E-state index contributed by atoms with van der Waals surface area (Å²) in [6.45, 7) is 8.83.